The number of nitrogens with zero attached hydrogens (tertiary/aromatic N) is 1. The van der Waals surface area contributed by atoms with Crippen molar-refractivity contribution in [3.8, 4) is 0 Å². The second-order valence-electron chi connectivity index (χ2n) is 9.41. The van der Waals surface area contributed by atoms with Crippen molar-refractivity contribution in [3.63, 3.8) is 0 Å². The zero-order valence-electron chi connectivity index (χ0n) is 21.2. The summed E-state index contributed by atoms with van der Waals surface area (Å²) < 4.78 is 0. The molecule has 0 aliphatic rings. The lowest BCUT2D eigenvalue weighted by Crippen LogP contribution is -2.51. The molecule has 1 unspecified atom stereocenters. The molecule has 0 aromatic heterocycles. The number of halogens is 1. The SMILES string of the molecule is Cc1ccc(SCCC(=O)N(Cc2cccc(Cl)c2)C(Cc2ccccc2)C(=O)NCC(C)C)cc1. The number of thioether (sulfide) groups is 1. The second kappa shape index (κ2) is 14.1. The van der Waals surface area contributed by atoms with Crippen LogP contribution >= 0.6 is 23.4 Å². The zero-order chi connectivity index (χ0) is 25.9. The fourth-order valence-corrected chi connectivity index (χ4v) is 4.90. The molecule has 0 spiro atoms. The van der Waals surface area contributed by atoms with Crippen LogP contribution < -0.4 is 5.32 Å². The molecule has 0 aliphatic heterocycles. The van der Waals surface area contributed by atoms with Gasteiger partial charge in [0.1, 0.15) is 6.04 Å². The lowest BCUT2D eigenvalue weighted by molar-refractivity contribution is -0.141. The zero-order valence-corrected chi connectivity index (χ0v) is 22.8. The van der Waals surface area contributed by atoms with Crippen LogP contribution in [0.3, 0.4) is 0 Å². The Morgan fingerprint density at radius 2 is 1.64 bits per heavy atom. The van der Waals surface area contributed by atoms with Crippen LogP contribution in [0.25, 0.3) is 0 Å². The first-order chi connectivity index (χ1) is 17.3. The minimum atomic E-state index is -0.623. The third-order valence-electron chi connectivity index (χ3n) is 5.80. The number of hydrogen-bond acceptors (Lipinski definition) is 3. The highest BCUT2D eigenvalue weighted by Crippen LogP contribution is 2.22. The van der Waals surface area contributed by atoms with Gasteiger partial charge in [0.05, 0.1) is 0 Å². The summed E-state index contributed by atoms with van der Waals surface area (Å²) in [5, 5.41) is 3.67. The number of amides is 2. The van der Waals surface area contributed by atoms with E-state index in [1.54, 1.807) is 16.7 Å². The molecule has 3 rings (SSSR count). The van der Waals surface area contributed by atoms with Crippen LogP contribution in [0.2, 0.25) is 5.02 Å². The van der Waals surface area contributed by atoms with Crippen LogP contribution in [0.5, 0.6) is 0 Å². The van der Waals surface area contributed by atoms with Crippen LogP contribution in [0.1, 0.15) is 37.0 Å². The summed E-state index contributed by atoms with van der Waals surface area (Å²) in [6, 6.07) is 25.0. The Kier molecular flexibility index (Phi) is 10.9. The van der Waals surface area contributed by atoms with E-state index in [1.807, 2.05) is 54.6 Å². The van der Waals surface area contributed by atoms with Gasteiger partial charge < -0.3 is 10.2 Å². The van der Waals surface area contributed by atoms with Gasteiger partial charge in [0.25, 0.3) is 0 Å². The van der Waals surface area contributed by atoms with E-state index in [0.717, 1.165) is 16.0 Å². The topological polar surface area (TPSA) is 49.4 Å². The molecule has 0 fully saturated rings. The van der Waals surface area contributed by atoms with E-state index in [0.29, 0.717) is 42.6 Å². The van der Waals surface area contributed by atoms with Crippen LogP contribution in [0.15, 0.2) is 83.8 Å². The Bertz CT molecular complexity index is 1120. The smallest absolute Gasteiger partial charge is 0.243 e. The second-order valence-corrected chi connectivity index (χ2v) is 11.0. The van der Waals surface area contributed by atoms with Crippen LogP contribution in [-0.2, 0) is 22.6 Å². The van der Waals surface area contributed by atoms with Crippen molar-refractivity contribution in [2.45, 2.75) is 51.1 Å². The molecule has 36 heavy (non-hydrogen) atoms. The van der Waals surface area contributed by atoms with E-state index in [9.17, 15) is 9.59 Å². The molecule has 2 amide bonds. The molecule has 1 N–H and O–H groups in total. The predicted octanol–water partition coefficient (Wildman–Crippen LogP) is 6.54. The Labute approximate surface area is 224 Å². The summed E-state index contributed by atoms with van der Waals surface area (Å²) in [6.45, 7) is 7.06. The molecule has 0 heterocycles. The maximum atomic E-state index is 13.7. The Balaban J connectivity index is 1.83. The summed E-state index contributed by atoms with van der Waals surface area (Å²) in [7, 11) is 0. The van der Waals surface area contributed by atoms with Crippen LogP contribution in [-0.4, -0.2) is 35.1 Å². The molecule has 4 nitrogen and oxygen atoms in total. The first-order valence-electron chi connectivity index (χ1n) is 12.4. The van der Waals surface area contributed by atoms with E-state index in [1.165, 1.54) is 5.56 Å². The summed E-state index contributed by atoms with van der Waals surface area (Å²) in [4.78, 5) is 30.0. The predicted molar refractivity (Wildman–Crippen MR) is 150 cm³/mol. The largest absolute Gasteiger partial charge is 0.354 e. The van der Waals surface area contributed by atoms with Gasteiger partial charge in [-0.05, 0) is 48.2 Å². The van der Waals surface area contributed by atoms with E-state index in [2.05, 4.69) is 50.4 Å². The van der Waals surface area contributed by atoms with Crippen molar-refractivity contribution in [3.05, 3.63) is 101 Å². The fourth-order valence-electron chi connectivity index (χ4n) is 3.84. The van der Waals surface area contributed by atoms with Gasteiger partial charge in [0, 0.05) is 41.6 Å². The van der Waals surface area contributed by atoms with Crippen molar-refractivity contribution < 1.29 is 9.59 Å². The van der Waals surface area contributed by atoms with Gasteiger partial charge in [0.15, 0.2) is 0 Å². The number of hydrogen-bond donors (Lipinski definition) is 1. The lowest BCUT2D eigenvalue weighted by atomic mass is 10.0. The molecule has 3 aromatic rings. The first kappa shape index (κ1) is 27.8. The molecule has 0 saturated heterocycles. The average Bonchev–Trinajstić information content (AvgIpc) is 2.86. The Hall–Kier alpha value is -2.76. The summed E-state index contributed by atoms with van der Waals surface area (Å²) in [5.41, 5.74) is 3.12. The van der Waals surface area contributed by atoms with Crippen LogP contribution in [0.4, 0.5) is 0 Å². The van der Waals surface area contributed by atoms with Crippen molar-refractivity contribution in [2.24, 2.45) is 5.92 Å². The standard InChI is InChI=1S/C30H35ClN2O2S/c1-22(2)20-32-30(35)28(19-24-8-5-4-6-9-24)33(21-25-10-7-11-26(31)18-25)29(34)16-17-36-27-14-12-23(3)13-15-27/h4-15,18,22,28H,16-17,19-21H2,1-3H3,(H,32,35). The molecule has 0 bridgehead atoms. The molecule has 1 atom stereocenters. The van der Waals surface area contributed by atoms with E-state index < -0.39 is 6.04 Å². The molecule has 0 saturated carbocycles. The number of carbonyl (C=O) groups is 2. The Morgan fingerprint density at radius 1 is 0.944 bits per heavy atom. The molecule has 0 radical (unpaired) electrons. The minimum Gasteiger partial charge on any atom is -0.354 e. The van der Waals surface area contributed by atoms with Gasteiger partial charge in [-0.15, -0.1) is 11.8 Å². The van der Waals surface area contributed by atoms with Crippen molar-refractivity contribution in [1.29, 1.82) is 0 Å². The third-order valence-corrected chi connectivity index (χ3v) is 7.05. The number of carbonyl (C=O) groups excluding carboxylic acids is 2. The first-order valence-corrected chi connectivity index (χ1v) is 13.7. The van der Waals surface area contributed by atoms with Crippen molar-refractivity contribution >= 4 is 35.2 Å². The Morgan fingerprint density at radius 3 is 2.31 bits per heavy atom. The van der Waals surface area contributed by atoms with Gasteiger partial charge in [-0.1, -0.05) is 85.6 Å². The maximum Gasteiger partial charge on any atom is 0.243 e. The monoisotopic (exact) mass is 522 g/mol. The number of rotatable bonds is 12. The van der Waals surface area contributed by atoms with Gasteiger partial charge in [-0.3, -0.25) is 9.59 Å². The molecular weight excluding hydrogens is 488 g/mol. The van der Waals surface area contributed by atoms with Gasteiger partial charge in [-0.2, -0.15) is 0 Å². The van der Waals surface area contributed by atoms with Gasteiger partial charge in [0.2, 0.25) is 11.8 Å². The average molecular weight is 523 g/mol. The molecule has 6 heteroatoms. The van der Waals surface area contributed by atoms with E-state index >= 15 is 0 Å². The normalized spacial score (nSPS) is 11.8. The summed E-state index contributed by atoms with van der Waals surface area (Å²) in [6.07, 6.45) is 0.782. The highest BCUT2D eigenvalue weighted by atomic mass is 35.5. The number of aryl methyl sites for hydroxylation is 1. The van der Waals surface area contributed by atoms with Gasteiger partial charge >= 0.3 is 0 Å². The van der Waals surface area contributed by atoms with Gasteiger partial charge in [-0.25, -0.2) is 0 Å². The molecule has 3 aromatic carbocycles. The van der Waals surface area contributed by atoms with Crippen LogP contribution in [0, 0.1) is 12.8 Å². The fraction of sp³-hybridized carbons (Fsp3) is 0.333. The summed E-state index contributed by atoms with van der Waals surface area (Å²) in [5.74, 6) is 0.776. The number of nitrogens with one attached hydrogen (secondary N) is 1. The molecule has 190 valence electrons. The third kappa shape index (κ3) is 9.03. The van der Waals surface area contributed by atoms with E-state index in [-0.39, 0.29) is 11.8 Å². The van der Waals surface area contributed by atoms with Crippen molar-refractivity contribution in [2.75, 3.05) is 12.3 Å². The quantitative estimate of drug-likeness (QED) is 0.275. The maximum absolute atomic E-state index is 13.7. The summed E-state index contributed by atoms with van der Waals surface area (Å²) >= 11 is 7.89. The highest BCUT2D eigenvalue weighted by molar-refractivity contribution is 7.99. The number of benzene rings is 3. The molecule has 0 aliphatic carbocycles. The minimum absolute atomic E-state index is 0.0461. The highest BCUT2D eigenvalue weighted by Gasteiger charge is 2.30. The van der Waals surface area contributed by atoms with E-state index in [4.69, 9.17) is 11.6 Å². The lowest BCUT2D eigenvalue weighted by Gasteiger charge is -2.32. The molecular formula is C30H35ClN2O2S. The van der Waals surface area contributed by atoms with Crippen molar-refractivity contribution in [1.82, 2.24) is 10.2 Å².